The molecule has 1 aliphatic rings. The van der Waals surface area contributed by atoms with Crippen molar-refractivity contribution < 1.29 is 13.5 Å². The van der Waals surface area contributed by atoms with Gasteiger partial charge in [0.25, 0.3) is 0 Å². The summed E-state index contributed by atoms with van der Waals surface area (Å²) in [6, 6.07) is 27.2. The fourth-order valence-electron chi connectivity index (χ4n) is 5.08. The summed E-state index contributed by atoms with van der Waals surface area (Å²) in [5.41, 5.74) is 7.20. The summed E-state index contributed by atoms with van der Waals surface area (Å²) in [5, 5.41) is 9.67. The summed E-state index contributed by atoms with van der Waals surface area (Å²) < 4.78 is 26.0. The monoisotopic (exact) mass is 605 g/mol. The molecule has 0 unspecified atom stereocenters. The van der Waals surface area contributed by atoms with Gasteiger partial charge in [0.05, 0.1) is 6.26 Å². The highest BCUT2D eigenvalue weighted by Gasteiger charge is 2.20. The maximum absolute atomic E-state index is 11.7. The van der Waals surface area contributed by atoms with Gasteiger partial charge in [0.15, 0.2) is 0 Å². The fraction of sp³-hybridized carbons (Fsp3) is 0.355. The molecule has 218 valence electrons. The summed E-state index contributed by atoms with van der Waals surface area (Å²) in [5.74, 6) is 0. The number of nitrogens with one attached hydrogen (secondary N) is 1. The molecule has 3 aromatic rings. The normalized spacial score (nSPS) is 14.7. The van der Waals surface area contributed by atoms with Crippen molar-refractivity contribution in [2.75, 3.05) is 48.7 Å². The summed E-state index contributed by atoms with van der Waals surface area (Å²) in [4.78, 5) is 4.96. The molecule has 0 spiro atoms. The van der Waals surface area contributed by atoms with E-state index in [0.29, 0.717) is 18.2 Å². The zero-order valence-electron chi connectivity index (χ0n) is 23.4. The zero-order chi connectivity index (χ0) is 27.1. The third kappa shape index (κ3) is 8.98. The van der Waals surface area contributed by atoms with E-state index in [0.717, 1.165) is 66.7 Å². The van der Waals surface area contributed by atoms with E-state index in [1.165, 1.54) is 5.69 Å². The van der Waals surface area contributed by atoms with Gasteiger partial charge in [0.2, 0.25) is 10.0 Å². The van der Waals surface area contributed by atoms with Crippen LogP contribution in [0, 0.1) is 0 Å². The molecular weight excluding hydrogens is 565 g/mol. The third-order valence-corrected chi connectivity index (χ3v) is 7.66. The average Bonchev–Trinajstić information content (AvgIpc) is 2.91. The first-order valence-corrected chi connectivity index (χ1v) is 15.2. The predicted octanol–water partition coefficient (Wildman–Crippen LogP) is 6.16. The summed E-state index contributed by atoms with van der Waals surface area (Å²) in [6.07, 6.45) is 2.52. The molecule has 9 heteroatoms. The molecule has 1 aliphatic heterocycles. The van der Waals surface area contributed by atoms with Gasteiger partial charge in [-0.25, -0.2) is 8.42 Å². The van der Waals surface area contributed by atoms with E-state index in [1.807, 2.05) is 30.3 Å². The van der Waals surface area contributed by atoms with Gasteiger partial charge < -0.3 is 10.0 Å². The van der Waals surface area contributed by atoms with Gasteiger partial charge in [0, 0.05) is 50.2 Å². The Morgan fingerprint density at radius 1 is 0.825 bits per heavy atom. The molecule has 0 amide bonds. The highest BCUT2D eigenvalue weighted by Crippen LogP contribution is 2.36. The molecule has 2 N–H and O–H groups in total. The Morgan fingerprint density at radius 2 is 1.38 bits per heavy atom. The first kappa shape index (κ1) is 33.7. The average molecular weight is 607 g/mol. The molecular formula is C31H41Cl2N3O3S. The minimum atomic E-state index is -3.36. The highest BCUT2D eigenvalue weighted by atomic mass is 35.5. The quantitative estimate of drug-likeness (QED) is 0.271. The first-order chi connectivity index (χ1) is 18.2. The van der Waals surface area contributed by atoms with E-state index in [9.17, 15) is 13.5 Å². The molecule has 4 rings (SSSR count). The predicted molar refractivity (Wildman–Crippen MR) is 173 cm³/mol. The van der Waals surface area contributed by atoms with Crippen molar-refractivity contribution in [2.24, 2.45) is 0 Å². The molecule has 0 aromatic heterocycles. The van der Waals surface area contributed by atoms with E-state index in [2.05, 4.69) is 64.8 Å². The molecule has 0 bridgehead atoms. The Labute approximate surface area is 252 Å². The Morgan fingerprint density at radius 3 is 1.88 bits per heavy atom. The lowest BCUT2D eigenvalue weighted by Crippen LogP contribution is -2.48. The fourth-order valence-corrected chi connectivity index (χ4v) is 5.64. The van der Waals surface area contributed by atoms with E-state index in [-0.39, 0.29) is 31.4 Å². The van der Waals surface area contributed by atoms with Crippen LogP contribution in [0.15, 0.2) is 78.9 Å². The number of sulfonamides is 1. The van der Waals surface area contributed by atoms with Gasteiger partial charge in [-0.2, -0.15) is 0 Å². The SMILES string of the molecule is CC(C)N1CCN(c2ccc(/C(=C(/CCCO)c3ccccc3)c3ccc(NS(C)(=O)=O)cc3)cc2)CC1.Cl.Cl. The van der Waals surface area contributed by atoms with Crippen LogP contribution in [0.2, 0.25) is 0 Å². The van der Waals surface area contributed by atoms with Crippen LogP contribution < -0.4 is 9.62 Å². The minimum absolute atomic E-state index is 0. The zero-order valence-corrected chi connectivity index (χ0v) is 25.9. The molecule has 3 aromatic carbocycles. The maximum Gasteiger partial charge on any atom is 0.229 e. The van der Waals surface area contributed by atoms with Crippen LogP contribution >= 0.6 is 24.8 Å². The van der Waals surface area contributed by atoms with Crippen LogP contribution in [0.1, 0.15) is 43.4 Å². The number of hydrogen-bond acceptors (Lipinski definition) is 5. The van der Waals surface area contributed by atoms with Crippen LogP contribution in [0.4, 0.5) is 11.4 Å². The molecule has 0 atom stereocenters. The van der Waals surface area contributed by atoms with Crippen LogP contribution in [0.5, 0.6) is 0 Å². The minimum Gasteiger partial charge on any atom is -0.396 e. The van der Waals surface area contributed by atoms with Gasteiger partial charge >= 0.3 is 0 Å². The summed E-state index contributed by atoms with van der Waals surface area (Å²) >= 11 is 0. The number of rotatable bonds is 10. The number of allylic oxidation sites excluding steroid dienone is 1. The number of aliphatic hydroxyl groups is 1. The second-order valence-corrected chi connectivity index (χ2v) is 11.9. The third-order valence-electron chi connectivity index (χ3n) is 7.05. The number of benzene rings is 3. The number of anilines is 2. The van der Waals surface area contributed by atoms with E-state index in [4.69, 9.17) is 0 Å². The Balaban J connectivity index is 0.00000280. The summed E-state index contributed by atoms with van der Waals surface area (Å²) in [7, 11) is -3.36. The van der Waals surface area contributed by atoms with Crippen LogP contribution in [0.3, 0.4) is 0 Å². The second kappa shape index (κ2) is 15.5. The first-order valence-electron chi connectivity index (χ1n) is 13.3. The molecule has 6 nitrogen and oxygen atoms in total. The number of piperazine rings is 1. The highest BCUT2D eigenvalue weighted by molar-refractivity contribution is 7.92. The lowest BCUT2D eigenvalue weighted by Gasteiger charge is -2.38. The van der Waals surface area contributed by atoms with E-state index >= 15 is 0 Å². The second-order valence-electron chi connectivity index (χ2n) is 10.2. The number of halogens is 2. The molecule has 40 heavy (non-hydrogen) atoms. The van der Waals surface area contributed by atoms with Gasteiger partial charge in [-0.1, -0.05) is 54.6 Å². The van der Waals surface area contributed by atoms with E-state index in [1.54, 1.807) is 12.1 Å². The van der Waals surface area contributed by atoms with Crippen molar-refractivity contribution in [3.8, 4) is 0 Å². The van der Waals surface area contributed by atoms with Crippen molar-refractivity contribution in [1.29, 1.82) is 0 Å². The molecule has 0 saturated carbocycles. The number of nitrogens with zero attached hydrogens (tertiary/aromatic N) is 2. The largest absolute Gasteiger partial charge is 0.396 e. The molecule has 0 aliphatic carbocycles. The lowest BCUT2D eigenvalue weighted by molar-refractivity contribution is 0.209. The molecule has 1 saturated heterocycles. The standard InChI is InChI=1S/C31H39N3O3S.2ClH/c1-24(2)33-19-21-34(22-20-33)29-17-13-27(14-18-29)31(26-11-15-28(16-12-26)32-38(3,36)37)30(10-7-23-35)25-8-5-4-6-9-25;;/h4-6,8-9,11-18,24,32,35H,7,10,19-23H2,1-3H3;2*1H/b31-30-;;. The van der Waals surface area contributed by atoms with Crippen molar-refractivity contribution in [3.05, 3.63) is 95.6 Å². The molecule has 1 fully saturated rings. The van der Waals surface area contributed by atoms with Crippen LogP contribution in [-0.4, -0.2) is 63.5 Å². The van der Waals surface area contributed by atoms with Gasteiger partial charge in [-0.05, 0) is 78.8 Å². The number of hydrogen-bond donors (Lipinski definition) is 2. The Hall–Kier alpha value is -2.55. The van der Waals surface area contributed by atoms with Crippen molar-refractivity contribution in [2.45, 2.75) is 32.7 Å². The number of aliphatic hydroxyl groups excluding tert-OH is 1. The van der Waals surface area contributed by atoms with Crippen LogP contribution in [0.25, 0.3) is 11.1 Å². The van der Waals surface area contributed by atoms with Gasteiger partial charge in [-0.15, -0.1) is 24.8 Å². The topological polar surface area (TPSA) is 72.9 Å². The van der Waals surface area contributed by atoms with E-state index < -0.39 is 10.0 Å². The smallest absolute Gasteiger partial charge is 0.229 e. The van der Waals surface area contributed by atoms with Crippen LogP contribution in [-0.2, 0) is 10.0 Å². The van der Waals surface area contributed by atoms with Crippen molar-refractivity contribution in [1.82, 2.24) is 4.90 Å². The van der Waals surface area contributed by atoms with Gasteiger partial charge in [-0.3, -0.25) is 9.62 Å². The Bertz CT molecular complexity index is 1320. The Kier molecular flexibility index (Phi) is 13.0. The molecule has 1 heterocycles. The lowest BCUT2D eigenvalue weighted by atomic mass is 9.87. The maximum atomic E-state index is 11.7. The van der Waals surface area contributed by atoms with Crippen molar-refractivity contribution >= 4 is 57.4 Å². The summed E-state index contributed by atoms with van der Waals surface area (Å²) in [6.45, 7) is 8.78. The van der Waals surface area contributed by atoms with Gasteiger partial charge in [0.1, 0.15) is 0 Å². The van der Waals surface area contributed by atoms with Crippen molar-refractivity contribution in [3.63, 3.8) is 0 Å². The molecule has 0 radical (unpaired) electrons.